The van der Waals surface area contributed by atoms with E-state index in [1.807, 2.05) is 0 Å². The van der Waals surface area contributed by atoms with Gasteiger partial charge in [-0.25, -0.2) is 0 Å². The van der Waals surface area contributed by atoms with Crippen molar-refractivity contribution < 1.29 is 0 Å². The van der Waals surface area contributed by atoms with E-state index in [1.54, 1.807) is 0 Å². The second-order valence-corrected chi connectivity index (χ2v) is 10.3. The van der Waals surface area contributed by atoms with Crippen LogP contribution < -0.4 is 0 Å². The molecule has 0 unspecified atom stereocenters. The zero-order valence-corrected chi connectivity index (χ0v) is 18.2. The standard InChI is InChI=1S/C22H44N4/c1-6-23-11-13-25(14-12-23)21-16-26(17-21)20-7-9-24(10-8-20)18-22(4,5)15-19(2)3/h19-21H,6-18H2,1-5H3. The average Bonchev–Trinajstić information content (AvgIpc) is 2.54. The molecule has 0 spiro atoms. The van der Waals surface area contributed by atoms with Gasteiger partial charge in [-0.05, 0) is 50.2 Å². The number of hydrogen-bond acceptors (Lipinski definition) is 4. The minimum atomic E-state index is 0.462. The summed E-state index contributed by atoms with van der Waals surface area (Å²) in [5.41, 5.74) is 0.462. The Hall–Kier alpha value is -0.160. The molecule has 3 fully saturated rings. The van der Waals surface area contributed by atoms with E-state index in [0.717, 1.165) is 18.0 Å². The first-order valence-corrected chi connectivity index (χ1v) is 11.3. The second kappa shape index (κ2) is 8.89. The van der Waals surface area contributed by atoms with Crippen LogP contribution in [-0.2, 0) is 0 Å². The highest BCUT2D eigenvalue weighted by Gasteiger charge is 2.38. The molecule has 0 aromatic carbocycles. The summed E-state index contributed by atoms with van der Waals surface area (Å²) in [6.07, 6.45) is 4.11. The lowest BCUT2D eigenvalue weighted by Gasteiger charge is -2.52. The fourth-order valence-electron chi connectivity index (χ4n) is 5.68. The number of nitrogens with zero attached hydrogens (tertiary/aromatic N) is 4. The average molecular weight is 365 g/mol. The van der Waals surface area contributed by atoms with Crippen LogP contribution in [0, 0.1) is 11.3 Å². The number of piperidine rings is 1. The first kappa shape index (κ1) is 20.6. The molecule has 0 atom stereocenters. The Kier molecular flexibility index (Phi) is 7.04. The molecule has 0 saturated carbocycles. The van der Waals surface area contributed by atoms with Gasteiger partial charge in [-0.1, -0.05) is 34.6 Å². The lowest BCUT2D eigenvalue weighted by Crippen LogP contribution is -2.65. The highest BCUT2D eigenvalue weighted by Crippen LogP contribution is 2.30. The molecule has 152 valence electrons. The van der Waals surface area contributed by atoms with Gasteiger partial charge >= 0.3 is 0 Å². The van der Waals surface area contributed by atoms with Crippen LogP contribution in [0.1, 0.15) is 53.9 Å². The lowest BCUT2D eigenvalue weighted by atomic mass is 9.83. The van der Waals surface area contributed by atoms with Crippen molar-refractivity contribution in [3.8, 4) is 0 Å². The maximum absolute atomic E-state index is 2.79. The third-order valence-corrected chi connectivity index (χ3v) is 6.95. The van der Waals surface area contributed by atoms with Gasteiger partial charge < -0.3 is 9.80 Å². The molecule has 0 bridgehead atoms. The van der Waals surface area contributed by atoms with Gasteiger partial charge in [0.2, 0.25) is 0 Å². The first-order chi connectivity index (χ1) is 12.4. The minimum Gasteiger partial charge on any atom is -0.303 e. The molecule has 0 aliphatic carbocycles. The van der Waals surface area contributed by atoms with Crippen molar-refractivity contribution in [1.82, 2.24) is 19.6 Å². The highest BCUT2D eigenvalue weighted by molar-refractivity contribution is 4.95. The molecule has 0 N–H and O–H groups in total. The predicted molar refractivity (Wildman–Crippen MR) is 112 cm³/mol. The van der Waals surface area contributed by atoms with E-state index in [1.165, 1.54) is 84.7 Å². The van der Waals surface area contributed by atoms with Gasteiger partial charge in [-0.2, -0.15) is 0 Å². The first-order valence-electron chi connectivity index (χ1n) is 11.3. The van der Waals surface area contributed by atoms with E-state index in [9.17, 15) is 0 Å². The fraction of sp³-hybridized carbons (Fsp3) is 1.00. The summed E-state index contributed by atoms with van der Waals surface area (Å²) in [5.74, 6) is 0.805. The number of hydrogen-bond donors (Lipinski definition) is 0. The zero-order valence-electron chi connectivity index (χ0n) is 18.2. The number of likely N-dealkylation sites (tertiary alicyclic amines) is 2. The maximum atomic E-state index is 2.79. The monoisotopic (exact) mass is 364 g/mol. The van der Waals surface area contributed by atoms with E-state index in [4.69, 9.17) is 0 Å². The molecule has 3 saturated heterocycles. The van der Waals surface area contributed by atoms with Crippen LogP contribution in [0.25, 0.3) is 0 Å². The number of rotatable bonds is 7. The fourth-order valence-corrected chi connectivity index (χ4v) is 5.68. The molecule has 3 aliphatic rings. The molecule has 0 aromatic rings. The minimum absolute atomic E-state index is 0.462. The molecule has 4 nitrogen and oxygen atoms in total. The molecule has 0 aromatic heterocycles. The van der Waals surface area contributed by atoms with E-state index in [0.29, 0.717) is 5.41 Å². The summed E-state index contributed by atoms with van der Waals surface area (Å²) in [6, 6.07) is 1.70. The van der Waals surface area contributed by atoms with Crippen LogP contribution in [-0.4, -0.2) is 97.1 Å². The highest BCUT2D eigenvalue weighted by atomic mass is 15.4. The smallest absolute Gasteiger partial charge is 0.0351 e. The van der Waals surface area contributed by atoms with Gasteiger partial charge in [0.25, 0.3) is 0 Å². The summed E-state index contributed by atoms with van der Waals surface area (Å²) in [6.45, 7) is 24.8. The van der Waals surface area contributed by atoms with Crippen LogP contribution in [0.3, 0.4) is 0 Å². The third-order valence-electron chi connectivity index (χ3n) is 6.95. The van der Waals surface area contributed by atoms with Crippen molar-refractivity contribution >= 4 is 0 Å². The Morgan fingerprint density at radius 1 is 0.808 bits per heavy atom. The van der Waals surface area contributed by atoms with Crippen molar-refractivity contribution in [2.45, 2.75) is 66.0 Å². The molecule has 4 heteroatoms. The summed E-state index contributed by atoms with van der Waals surface area (Å²) < 4.78 is 0. The summed E-state index contributed by atoms with van der Waals surface area (Å²) in [5, 5.41) is 0. The molecular formula is C22H44N4. The molecule has 0 radical (unpaired) electrons. The van der Waals surface area contributed by atoms with Gasteiger partial charge in [0, 0.05) is 57.9 Å². The Morgan fingerprint density at radius 3 is 1.96 bits per heavy atom. The molecule has 3 heterocycles. The van der Waals surface area contributed by atoms with Crippen LogP contribution in [0.2, 0.25) is 0 Å². The van der Waals surface area contributed by atoms with Gasteiger partial charge in [0.1, 0.15) is 0 Å². The van der Waals surface area contributed by atoms with Crippen LogP contribution in [0.4, 0.5) is 0 Å². The number of piperazine rings is 1. The Labute approximate surface area is 162 Å². The Bertz CT molecular complexity index is 414. The van der Waals surface area contributed by atoms with Gasteiger partial charge in [0.05, 0.1) is 0 Å². The lowest BCUT2D eigenvalue weighted by molar-refractivity contribution is -0.0321. The van der Waals surface area contributed by atoms with E-state index in [2.05, 4.69) is 54.2 Å². The summed E-state index contributed by atoms with van der Waals surface area (Å²) in [4.78, 5) is 10.9. The molecular weight excluding hydrogens is 320 g/mol. The third kappa shape index (κ3) is 5.43. The zero-order chi connectivity index (χ0) is 18.7. The number of likely N-dealkylation sites (N-methyl/N-ethyl adjacent to an activating group) is 1. The molecule has 3 rings (SSSR count). The van der Waals surface area contributed by atoms with Gasteiger partial charge in [-0.3, -0.25) is 9.80 Å². The van der Waals surface area contributed by atoms with E-state index >= 15 is 0 Å². The second-order valence-electron chi connectivity index (χ2n) is 10.3. The van der Waals surface area contributed by atoms with Crippen molar-refractivity contribution in [2.24, 2.45) is 11.3 Å². The van der Waals surface area contributed by atoms with E-state index in [-0.39, 0.29) is 0 Å². The Morgan fingerprint density at radius 2 is 1.42 bits per heavy atom. The predicted octanol–water partition coefficient (Wildman–Crippen LogP) is 2.84. The summed E-state index contributed by atoms with van der Waals surface area (Å²) in [7, 11) is 0. The van der Waals surface area contributed by atoms with Crippen LogP contribution in [0.15, 0.2) is 0 Å². The normalized spacial score (nSPS) is 26.5. The SMILES string of the molecule is CCN1CCN(C2CN(C3CCN(CC(C)(C)CC(C)C)CC3)C2)CC1. The summed E-state index contributed by atoms with van der Waals surface area (Å²) >= 11 is 0. The van der Waals surface area contributed by atoms with Gasteiger partial charge in [0.15, 0.2) is 0 Å². The quantitative estimate of drug-likeness (QED) is 0.689. The molecule has 3 aliphatic heterocycles. The van der Waals surface area contributed by atoms with Crippen molar-refractivity contribution in [1.29, 1.82) is 0 Å². The van der Waals surface area contributed by atoms with Crippen molar-refractivity contribution in [2.75, 3.05) is 65.4 Å². The largest absolute Gasteiger partial charge is 0.303 e. The molecule has 0 amide bonds. The topological polar surface area (TPSA) is 13.0 Å². The van der Waals surface area contributed by atoms with Crippen molar-refractivity contribution in [3.05, 3.63) is 0 Å². The van der Waals surface area contributed by atoms with Crippen molar-refractivity contribution in [3.63, 3.8) is 0 Å². The van der Waals surface area contributed by atoms with Crippen LogP contribution in [0.5, 0.6) is 0 Å². The Balaban J connectivity index is 1.34. The molecule has 26 heavy (non-hydrogen) atoms. The van der Waals surface area contributed by atoms with Crippen LogP contribution >= 0.6 is 0 Å². The van der Waals surface area contributed by atoms with Gasteiger partial charge in [-0.15, -0.1) is 0 Å². The maximum Gasteiger partial charge on any atom is 0.0351 e. The van der Waals surface area contributed by atoms with E-state index < -0.39 is 0 Å².